The van der Waals surface area contributed by atoms with Gasteiger partial charge in [-0.05, 0) is 49.1 Å². The Labute approximate surface area is 199 Å². The standard InChI is InChI=1S/C24H24N8OS/c1-31(12-17-7-8-32(2)30-17)24(33)14-3-5-18-20(10-14)34-23-21(18)22(25-13-26-23)28-16-4-6-19-15(9-16)11-27-29-19/h4,6-9,11,13-14H,3,5,10,12H2,1-2H3,(H,27,29)(H,25,26,28)/t14-/m0/s1. The van der Waals surface area contributed by atoms with Gasteiger partial charge in [0, 0.05) is 42.2 Å². The summed E-state index contributed by atoms with van der Waals surface area (Å²) in [4.78, 5) is 26.3. The molecule has 0 fully saturated rings. The first-order valence-corrected chi connectivity index (χ1v) is 12.1. The van der Waals surface area contributed by atoms with Gasteiger partial charge in [-0.15, -0.1) is 11.3 Å². The molecule has 0 bridgehead atoms. The third-order valence-corrected chi connectivity index (χ3v) is 7.60. The number of fused-ring (bicyclic) bond motifs is 4. The zero-order valence-corrected chi connectivity index (χ0v) is 19.8. The van der Waals surface area contributed by atoms with Crippen molar-refractivity contribution in [2.24, 2.45) is 13.0 Å². The molecule has 172 valence electrons. The Balaban J connectivity index is 1.24. The minimum Gasteiger partial charge on any atom is -0.340 e. The average Bonchev–Trinajstić information content (AvgIpc) is 3.56. The van der Waals surface area contributed by atoms with Gasteiger partial charge in [-0.25, -0.2) is 9.97 Å². The molecule has 4 aromatic heterocycles. The first-order valence-electron chi connectivity index (χ1n) is 11.2. The number of nitrogens with zero attached hydrogens (tertiary/aromatic N) is 6. The summed E-state index contributed by atoms with van der Waals surface area (Å²) in [5.41, 5.74) is 4.11. The van der Waals surface area contributed by atoms with Crippen LogP contribution in [-0.2, 0) is 31.2 Å². The first-order chi connectivity index (χ1) is 16.5. The van der Waals surface area contributed by atoms with Gasteiger partial charge in [-0.3, -0.25) is 14.6 Å². The molecule has 10 heteroatoms. The zero-order chi connectivity index (χ0) is 23.2. The molecule has 0 spiro atoms. The van der Waals surface area contributed by atoms with Crippen molar-refractivity contribution in [3.05, 3.63) is 59.1 Å². The molecule has 34 heavy (non-hydrogen) atoms. The summed E-state index contributed by atoms with van der Waals surface area (Å²) in [6, 6.07) is 8.02. The van der Waals surface area contributed by atoms with Crippen LogP contribution >= 0.6 is 11.3 Å². The monoisotopic (exact) mass is 472 g/mol. The van der Waals surface area contributed by atoms with Crippen LogP contribution in [0.1, 0.15) is 22.6 Å². The number of aromatic amines is 1. The molecule has 0 radical (unpaired) electrons. The van der Waals surface area contributed by atoms with Gasteiger partial charge in [-0.1, -0.05) is 0 Å². The lowest BCUT2D eigenvalue weighted by Gasteiger charge is -2.26. The van der Waals surface area contributed by atoms with Crippen molar-refractivity contribution in [2.45, 2.75) is 25.8 Å². The number of carbonyl (C=O) groups excluding carboxylic acids is 1. The number of nitrogens with one attached hydrogen (secondary N) is 2. The second-order valence-electron chi connectivity index (χ2n) is 8.82. The quantitative estimate of drug-likeness (QED) is 0.403. The lowest BCUT2D eigenvalue weighted by Crippen LogP contribution is -2.35. The number of aryl methyl sites for hydroxylation is 2. The molecule has 2 N–H and O–H groups in total. The Morgan fingerprint density at radius 3 is 3.09 bits per heavy atom. The molecule has 9 nitrogen and oxygen atoms in total. The van der Waals surface area contributed by atoms with Crippen molar-refractivity contribution in [3.8, 4) is 0 Å². The van der Waals surface area contributed by atoms with Crippen molar-refractivity contribution in [3.63, 3.8) is 0 Å². The fourth-order valence-corrected chi connectivity index (χ4v) is 6.02. The number of anilines is 2. The predicted octanol–water partition coefficient (Wildman–Crippen LogP) is 3.81. The molecule has 6 rings (SSSR count). The van der Waals surface area contributed by atoms with E-state index in [1.165, 1.54) is 10.4 Å². The van der Waals surface area contributed by atoms with Crippen LogP contribution in [0.3, 0.4) is 0 Å². The maximum atomic E-state index is 13.2. The number of aromatic nitrogens is 6. The third kappa shape index (κ3) is 3.69. The smallest absolute Gasteiger partial charge is 0.226 e. The molecule has 0 unspecified atom stereocenters. The average molecular weight is 473 g/mol. The van der Waals surface area contributed by atoms with Crippen LogP contribution in [0.5, 0.6) is 0 Å². The summed E-state index contributed by atoms with van der Waals surface area (Å²) in [6.45, 7) is 0.524. The second kappa shape index (κ2) is 8.21. The van der Waals surface area contributed by atoms with Crippen LogP contribution in [0.2, 0.25) is 0 Å². The van der Waals surface area contributed by atoms with E-state index in [9.17, 15) is 4.79 Å². The molecular weight excluding hydrogens is 448 g/mol. The van der Waals surface area contributed by atoms with Crippen molar-refractivity contribution in [2.75, 3.05) is 12.4 Å². The summed E-state index contributed by atoms with van der Waals surface area (Å²) in [7, 11) is 3.75. The Bertz CT molecular complexity index is 1520. The van der Waals surface area contributed by atoms with Crippen molar-refractivity contribution in [1.82, 2.24) is 34.8 Å². The fraction of sp³-hybridized carbons (Fsp3) is 0.292. The van der Waals surface area contributed by atoms with E-state index in [1.807, 2.05) is 44.7 Å². The maximum absolute atomic E-state index is 13.2. The minimum absolute atomic E-state index is 0.0258. The summed E-state index contributed by atoms with van der Waals surface area (Å²) < 4.78 is 1.76. The van der Waals surface area contributed by atoms with Crippen molar-refractivity contribution < 1.29 is 4.79 Å². The molecule has 1 amide bonds. The number of carbonyl (C=O) groups is 1. The highest BCUT2D eigenvalue weighted by Gasteiger charge is 2.31. The van der Waals surface area contributed by atoms with E-state index in [0.29, 0.717) is 6.54 Å². The lowest BCUT2D eigenvalue weighted by atomic mass is 9.87. The number of rotatable bonds is 5. The second-order valence-corrected chi connectivity index (χ2v) is 9.90. The van der Waals surface area contributed by atoms with Crippen molar-refractivity contribution >= 4 is 49.9 Å². The Morgan fingerprint density at radius 1 is 1.32 bits per heavy atom. The van der Waals surface area contributed by atoms with Crippen LogP contribution in [0.15, 0.2) is 43.0 Å². The molecule has 1 aliphatic carbocycles. The van der Waals surface area contributed by atoms with Gasteiger partial charge in [0.1, 0.15) is 17.0 Å². The number of hydrogen-bond donors (Lipinski definition) is 2. The van der Waals surface area contributed by atoms with E-state index in [-0.39, 0.29) is 11.8 Å². The minimum atomic E-state index is -0.0258. The van der Waals surface area contributed by atoms with Crippen molar-refractivity contribution in [1.29, 1.82) is 0 Å². The molecular formula is C24H24N8OS. The highest BCUT2D eigenvalue weighted by molar-refractivity contribution is 7.19. The molecule has 1 aliphatic rings. The Morgan fingerprint density at radius 2 is 2.24 bits per heavy atom. The molecule has 0 aliphatic heterocycles. The van der Waals surface area contributed by atoms with E-state index in [0.717, 1.165) is 57.6 Å². The fourth-order valence-electron chi connectivity index (χ4n) is 4.75. The third-order valence-electron chi connectivity index (χ3n) is 6.44. The summed E-state index contributed by atoms with van der Waals surface area (Å²) >= 11 is 1.68. The van der Waals surface area contributed by atoms with E-state index >= 15 is 0 Å². The zero-order valence-electron chi connectivity index (χ0n) is 18.9. The first kappa shape index (κ1) is 20.8. The van der Waals surface area contributed by atoms with E-state index in [1.54, 1.807) is 27.2 Å². The molecule has 5 aromatic rings. The van der Waals surface area contributed by atoms with Gasteiger partial charge in [0.05, 0.1) is 29.3 Å². The topological polar surface area (TPSA) is 105 Å². The van der Waals surface area contributed by atoms with Gasteiger partial charge in [0.15, 0.2) is 0 Å². The summed E-state index contributed by atoms with van der Waals surface area (Å²) in [6.07, 6.45) is 7.71. The molecule has 4 heterocycles. The van der Waals surface area contributed by atoms with Gasteiger partial charge >= 0.3 is 0 Å². The molecule has 1 aromatic carbocycles. The SMILES string of the molecule is CN(Cc1ccn(C)n1)C(=O)[C@H]1CCc2c(sc3ncnc(Nc4ccc5[nH]ncc5c4)c23)C1. The van der Waals surface area contributed by atoms with Crippen LogP contribution in [-0.4, -0.2) is 47.8 Å². The molecule has 0 saturated carbocycles. The van der Waals surface area contributed by atoms with Gasteiger partial charge in [-0.2, -0.15) is 10.2 Å². The van der Waals surface area contributed by atoms with Crippen LogP contribution in [0.4, 0.5) is 11.5 Å². The lowest BCUT2D eigenvalue weighted by molar-refractivity contribution is -0.135. The molecule has 0 saturated heterocycles. The van der Waals surface area contributed by atoms with Gasteiger partial charge in [0.2, 0.25) is 5.91 Å². The summed E-state index contributed by atoms with van der Waals surface area (Å²) in [5.74, 6) is 0.955. The highest BCUT2D eigenvalue weighted by atomic mass is 32.1. The van der Waals surface area contributed by atoms with Gasteiger partial charge in [0.25, 0.3) is 0 Å². The van der Waals surface area contributed by atoms with E-state index < -0.39 is 0 Å². The Hall–Kier alpha value is -3.79. The van der Waals surface area contributed by atoms with Crippen LogP contribution in [0, 0.1) is 5.92 Å². The van der Waals surface area contributed by atoms with Gasteiger partial charge < -0.3 is 10.2 Å². The predicted molar refractivity (Wildman–Crippen MR) is 132 cm³/mol. The largest absolute Gasteiger partial charge is 0.340 e. The number of hydrogen-bond acceptors (Lipinski definition) is 7. The normalized spacial score (nSPS) is 15.5. The van der Waals surface area contributed by atoms with E-state index in [4.69, 9.17) is 0 Å². The summed E-state index contributed by atoms with van der Waals surface area (Å²) in [5, 5.41) is 17.1. The van der Waals surface area contributed by atoms with E-state index in [2.05, 4.69) is 36.6 Å². The Kier molecular flexibility index (Phi) is 5.02. The molecule has 1 atom stereocenters. The maximum Gasteiger partial charge on any atom is 0.226 e. The number of H-pyrrole nitrogens is 1. The number of benzene rings is 1. The number of amides is 1. The van der Waals surface area contributed by atoms with Crippen LogP contribution < -0.4 is 5.32 Å². The highest BCUT2D eigenvalue weighted by Crippen LogP contribution is 2.41. The number of thiophene rings is 1. The van der Waals surface area contributed by atoms with Crippen LogP contribution in [0.25, 0.3) is 21.1 Å².